The summed E-state index contributed by atoms with van der Waals surface area (Å²) in [5.41, 5.74) is 5.78. The second-order valence-electron chi connectivity index (χ2n) is 3.19. The van der Waals surface area contributed by atoms with E-state index in [-0.39, 0.29) is 11.4 Å². The molecule has 0 aromatic rings. The molecule has 2 heteroatoms. The zero-order valence-electron chi connectivity index (χ0n) is 6.65. The summed E-state index contributed by atoms with van der Waals surface area (Å²) in [6, 6.07) is 0. The van der Waals surface area contributed by atoms with Crippen LogP contribution < -0.4 is 5.73 Å². The standard InChI is InChI=1S/C7H16BN/c1-4-7(3,9)5-6(2)8/h6H,4-5,9H2,1-3H3. The quantitative estimate of drug-likeness (QED) is 0.568. The van der Waals surface area contributed by atoms with E-state index in [2.05, 4.69) is 6.92 Å². The first-order valence-electron chi connectivity index (χ1n) is 3.52. The van der Waals surface area contributed by atoms with Crippen molar-refractivity contribution in [1.29, 1.82) is 0 Å². The highest BCUT2D eigenvalue weighted by Gasteiger charge is 2.15. The van der Waals surface area contributed by atoms with Gasteiger partial charge in [0.2, 0.25) is 0 Å². The highest BCUT2D eigenvalue weighted by Crippen LogP contribution is 2.17. The average Bonchev–Trinajstić information content (AvgIpc) is 1.63. The smallest absolute Gasteiger partial charge is 0.0696 e. The van der Waals surface area contributed by atoms with Crippen LogP contribution >= 0.6 is 0 Å². The fraction of sp³-hybridized carbons (Fsp3) is 1.00. The molecule has 0 saturated carbocycles. The molecule has 0 aliphatic carbocycles. The third-order valence-corrected chi connectivity index (χ3v) is 1.60. The first kappa shape index (κ1) is 9.02. The molecule has 1 nitrogen and oxygen atoms in total. The van der Waals surface area contributed by atoms with Crippen LogP contribution in [0.25, 0.3) is 0 Å². The lowest BCUT2D eigenvalue weighted by Crippen LogP contribution is -2.35. The second-order valence-corrected chi connectivity index (χ2v) is 3.19. The lowest BCUT2D eigenvalue weighted by atomic mass is 9.78. The van der Waals surface area contributed by atoms with Gasteiger partial charge >= 0.3 is 0 Å². The summed E-state index contributed by atoms with van der Waals surface area (Å²) in [7, 11) is 5.57. The van der Waals surface area contributed by atoms with E-state index >= 15 is 0 Å². The molecular weight excluding hydrogens is 109 g/mol. The van der Waals surface area contributed by atoms with Gasteiger partial charge in [-0.3, -0.25) is 0 Å². The molecule has 2 unspecified atom stereocenters. The molecule has 2 atom stereocenters. The normalized spacial score (nSPS) is 20.9. The molecule has 0 amide bonds. The predicted octanol–water partition coefficient (Wildman–Crippen LogP) is 1.48. The molecule has 0 heterocycles. The van der Waals surface area contributed by atoms with E-state index in [1.54, 1.807) is 0 Å². The van der Waals surface area contributed by atoms with Crippen molar-refractivity contribution in [2.24, 2.45) is 5.73 Å². The maximum Gasteiger partial charge on any atom is 0.0696 e. The van der Waals surface area contributed by atoms with Gasteiger partial charge < -0.3 is 5.73 Å². The van der Waals surface area contributed by atoms with Gasteiger partial charge in [0.25, 0.3) is 0 Å². The van der Waals surface area contributed by atoms with Crippen molar-refractivity contribution >= 4 is 7.85 Å². The maximum absolute atomic E-state index is 5.84. The lowest BCUT2D eigenvalue weighted by Gasteiger charge is -2.24. The van der Waals surface area contributed by atoms with E-state index in [4.69, 9.17) is 13.6 Å². The molecule has 2 N–H and O–H groups in total. The SMILES string of the molecule is [B]C(C)CC(C)(N)CC. The Morgan fingerprint density at radius 2 is 2.11 bits per heavy atom. The summed E-state index contributed by atoms with van der Waals surface area (Å²) in [4.78, 5) is 0. The van der Waals surface area contributed by atoms with Crippen LogP contribution in [0.1, 0.15) is 33.6 Å². The van der Waals surface area contributed by atoms with Gasteiger partial charge in [-0.2, -0.15) is 0 Å². The molecule has 0 fully saturated rings. The number of nitrogens with two attached hydrogens (primary N) is 1. The van der Waals surface area contributed by atoms with Crippen molar-refractivity contribution in [1.82, 2.24) is 0 Å². The Morgan fingerprint density at radius 1 is 1.67 bits per heavy atom. The lowest BCUT2D eigenvalue weighted by molar-refractivity contribution is 0.414. The Labute approximate surface area is 59.4 Å². The minimum Gasteiger partial charge on any atom is -0.325 e. The number of rotatable bonds is 3. The first-order valence-corrected chi connectivity index (χ1v) is 3.52. The largest absolute Gasteiger partial charge is 0.325 e. The molecule has 0 aromatic heterocycles. The van der Waals surface area contributed by atoms with Gasteiger partial charge in [-0.15, -0.1) is 0 Å². The van der Waals surface area contributed by atoms with Gasteiger partial charge in [0.05, 0.1) is 7.85 Å². The van der Waals surface area contributed by atoms with Gasteiger partial charge in [-0.05, 0) is 19.8 Å². The Balaban J connectivity index is 3.58. The van der Waals surface area contributed by atoms with Crippen molar-refractivity contribution in [3.63, 3.8) is 0 Å². The minimum absolute atomic E-state index is 0.0613. The molecular formula is C7H16BN. The van der Waals surface area contributed by atoms with Crippen molar-refractivity contribution in [3.8, 4) is 0 Å². The highest BCUT2D eigenvalue weighted by atomic mass is 14.7. The van der Waals surface area contributed by atoms with E-state index < -0.39 is 0 Å². The third kappa shape index (κ3) is 4.52. The molecule has 0 aromatic carbocycles. The van der Waals surface area contributed by atoms with Gasteiger partial charge in [0, 0.05) is 5.54 Å². The summed E-state index contributed by atoms with van der Waals surface area (Å²) in [5.74, 6) is 0.222. The van der Waals surface area contributed by atoms with Crippen molar-refractivity contribution < 1.29 is 0 Å². The molecule has 0 saturated heterocycles. The summed E-state index contributed by atoms with van der Waals surface area (Å²) in [6.07, 6.45) is 1.90. The van der Waals surface area contributed by atoms with Crippen LogP contribution in [0.3, 0.4) is 0 Å². The minimum atomic E-state index is -0.0613. The topological polar surface area (TPSA) is 26.0 Å². The molecule has 0 rings (SSSR count). The van der Waals surface area contributed by atoms with Crippen LogP contribution in [0.15, 0.2) is 0 Å². The van der Waals surface area contributed by atoms with Crippen LogP contribution in [0.2, 0.25) is 5.82 Å². The molecule has 2 radical (unpaired) electrons. The van der Waals surface area contributed by atoms with E-state index in [1.165, 1.54) is 0 Å². The van der Waals surface area contributed by atoms with Crippen molar-refractivity contribution in [2.45, 2.75) is 45.0 Å². The summed E-state index contributed by atoms with van der Waals surface area (Å²) >= 11 is 0. The fourth-order valence-electron chi connectivity index (χ4n) is 0.880. The summed E-state index contributed by atoms with van der Waals surface area (Å²) in [5, 5.41) is 0. The van der Waals surface area contributed by atoms with Crippen LogP contribution in [0.4, 0.5) is 0 Å². The van der Waals surface area contributed by atoms with E-state index in [0.29, 0.717) is 0 Å². The first-order chi connectivity index (χ1) is 3.98. The summed E-state index contributed by atoms with van der Waals surface area (Å²) in [6.45, 7) is 6.11. The van der Waals surface area contributed by atoms with E-state index in [9.17, 15) is 0 Å². The van der Waals surface area contributed by atoms with Crippen LogP contribution in [0, 0.1) is 0 Å². The monoisotopic (exact) mass is 125 g/mol. The maximum atomic E-state index is 5.84. The molecule has 0 aliphatic rings. The Morgan fingerprint density at radius 3 is 2.22 bits per heavy atom. The van der Waals surface area contributed by atoms with E-state index in [1.807, 2.05) is 13.8 Å². The predicted molar refractivity (Wildman–Crippen MR) is 42.7 cm³/mol. The Hall–Kier alpha value is 0.0249. The molecule has 0 spiro atoms. The molecule has 52 valence electrons. The van der Waals surface area contributed by atoms with Crippen LogP contribution in [-0.2, 0) is 0 Å². The molecule has 0 bridgehead atoms. The van der Waals surface area contributed by atoms with Crippen molar-refractivity contribution in [2.75, 3.05) is 0 Å². The second kappa shape index (κ2) is 3.26. The molecule has 9 heavy (non-hydrogen) atoms. The Kier molecular flexibility index (Phi) is 3.27. The fourth-order valence-corrected chi connectivity index (χ4v) is 0.880. The highest BCUT2D eigenvalue weighted by molar-refractivity contribution is 6.11. The van der Waals surface area contributed by atoms with Gasteiger partial charge in [0.1, 0.15) is 0 Å². The van der Waals surface area contributed by atoms with Crippen LogP contribution in [0.5, 0.6) is 0 Å². The zero-order valence-corrected chi connectivity index (χ0v) is 6.65. The van der Waals surface area contributed by atoms with Crippen molar-refractivity contribution in [3.05, 3.63) is 0 Å². The third-order valence-electron chi connectivity index (χ3n) is 1.60. The van der Waals surface area contributed by atoms with Gasteiger partial charge in [0.15, 0.2) is 0 Å². The number of hydrogen-bond donors (Lipinski definition) is 1. The van der Waals surface area contributed by atoms with Crippen LogP contribution in [-0.4, -0.2) is 13.4 Å². The zero-order chi connectivity index (χ0) is 7.49. The van der Waals surface area contributed by atoms with Gasteiger partial charge in [-0.1, -0.05) is 19.7 Å². The van der Waals surface area contributed by atoms with Gasteiger partial charge in [-0.25, -0.2) is 0 Å². The number of hydrogen-bond acceptors (Lipinski definition) is 1. The summed E-state index contributed by atoms with van der Waals surface area (Å²) < 4.78 is 0. The Bertz CT molecular complexity index is 79.0. The van der Waals surface area contributed by atoms with E-state index in [0.717, 1.165) is 12.8 Å². The average molecular weight is 125 g/mol. The molecule has 0 aliphatic heterocycles.